The van der Waals surface area contributed by atoms with Crippen molar-refractivity contribution in [2.45, 2.75) is 26.1 Å². The fourth-order valence-electron chi connectivity index (χ4n) is 0.518. The molecule has 1 heteroatoms. The molecule has 0 radical (unpaired) electrons. The standard InChI is InChI=1S/C8H16Si/c1-5-6-7-8-9(2,3)4/h5,7-8H,1,6H2,2-4H3. The van der Waals surface area contributed by atoms with Crippen LogP contribution < -0.4 is 0 Å². The molecular weight excluding hydrogens is 124 g/mol. The lowest BCUT2D eigenvalue weighted by Crippen LogP contribution is -2.15. The Morgan fingerprint density at radius 1 is 1.33 bits per heavy atom. The Balaban J connectivity index is 3.57. The van der Waals surface area contributed by atoms with Crippen LogP contribution in [-0.2, 0) is 0 Å². The molecular formula is C8H16Si. The fraction of sp³-hybridized carbons (Fsp3) is 0.500. The average Bonchev–Trinajstić information content (AvgIpc) is 1.63. The molecule has 0 nitrogen and oxygen atoms in total. The molecule has 0 unspecified atom stereocenters. The summed E-state index contributed by atoms with van der Waals surface area (Å²) in [5, 5.41) is 0. The first kappa shape index (κ1) is 8.70. The van der Waals surface area contributed by atoms with E-state index in [1.165, 1.54) is 0 Å². The zero-order valence-corrected chi connectivity index (χ0v) is 7.65. The molecule has 0 amide bonds. The monoisotopic (exact) mass is 140 g/mol. The first-order chi connectivity index (χ1) is 4.06. The summed E-state index contributed by atoms with van der Waals surface area (Å²) in [5.74, 6) is 0. The molecule has 0 spiro atoms. The lowest BCUT2D eigenvalue weighted by molar-refractivity contribution is 1.41. The molecule has 0 aromatic rings. The predicted octanol–water partition coefficient (Wildman–Crippen LogP) is 3.00. The predicted molar refractivity (Wildman–Crippen MR) is 47.3 cm³/mol. The second kappa shape index (κ2) is 3.67. The van der Waals surface area contributed by atoms with Crippen molar-refractivity contribution in [2.75, 3.05) is 0 Å². The van der Waals surface area contributed by atoms with Gasteiger partial charge >= 0.3 is 0 Å². The van der Waals surface area contributed by atoms with E-state index < -0.39 is 8.07 Å². The van der Waals surface area contributed by atoms with Crippen LogP contribution in [-0.4, -0.2) is 8.07 Å². The maximum Gasteiger partial charge on any atom is 0.0683 e. The van der Waals surface area contributed by atoms with Crippen molar-refractivity contribution in [1.82, 2.24) is 0 Å². The summed E-state index contributed by atoms with van der Waals surface area (Å²) >= 11 is 0. The van der Waals surface area contributed by atoms with E-state index in [0.717, 1.165) is 6.42 Å². The topological polar surface area (TPSA) is 0 Å². The van der Waals surface area contributed by atoms with E-state index in [-0.39, 0.29) is 0 Å². The van der Waals surface area contributed by atoms with E-state index in [1.54, 1.807) is 0 Å². The fourth-order valence-corrected chi connectivity index (χ4v) is 1.36. The highest BCUT2D eigenvalue weighted by Gasteiger charge is 2.05. The van der Waals surface area contributed by atoms with Gasteiger partial charge in [0.2, 0.25) is 0 Å². The summed E-state index contributed by atoms with van der Waals surface area (Å²) < 4.78 is 0. The Morgan fingerprint density at radius 2 is 1.89 bits per heavy atom. The van der Waals surface area contributed by atoms with Crippen molar-refractivity contribution >= 4 is 8.07 Å². The molecule has 0 aromatic carbocycles. The third-order valence-electron chi connectivity index (χ3n) is 0.921. The summed E-state index contributed by atoms with van der Waals surface area (Å²) in [4.78, 5) is 0. The van der Waals surface area contributed by atoms with Crippen LogP contribution in [0.2, 0.25) is 19.6 Å². The van der Waals surface area contributed by atoms with Gasteiger partial charge in [-0.25, -0.2) is 0 Å². The Bertz CT molecular complexity index is 106. The Hall–Kier alpha value is -0.303. The number of allylic oxidation sites excluding steroid dienone is 2. The first-order valence-corrected chi connectivity index (χ1v) is 6.92. The van der Waals surface area contributed by atoms with E-state index >= 15 is 0 Å². The van der Waals surface area contributed by atoms with Crippen LogP contribution in [0.25, 0.3) is 0 Å². The molecule has 0 rings (SSSR count). The highest BCUT2D eigenvalue weighted by Crippen LogP contribution is 2.02. The summed E-state index contributed by atoms with van der Waals surface area (Å²) in [6, 6.07) is 0. The van der Waals surface area contributed by atoms with Crippen LogP contribution in [0, 0.1) is 0 Å². The zero-order valence-electron chi connectivity index (χ0n) is 6.65. The quantitative estimate of drug-likeness (QED) is 0.417. The van der Waals surface area contributed by atoms with Crippen LogP contribution >= 0.6 is 0 Å². The third-order valence-corrected chi connectivity index (χ3v) is 2.16. The normalized spacial score (nSPS) is 12.3. The van der Waals surface area contributed by atoms with Crippen molar-refractivity contribution in [2.24, 2.45) is 0 Å². The minimum absolute atomic E-state index is 0.923. The van der Waals surface area contributed by atoms with Crippen molar-refractivity contribution in [3.63, 3.8) is 0 Å². The molecule has 52 valence electrons. The van der Waals surface area contributed by atoms with E-state index in [4.69, 9.17) is 0 Å². The molecule has 0 saturated carbocycles. The van der Waals surface area contributed by atoms with Gasteiger partial charge in [-0.2, -0.15) is 0 Å². The molecule has 9 heavy (non-hydrogen) atoms. The van der Waals surface area contributed by atoms with Gasteiger partial charge in [0, 0.05) is 0 Å². The average molecular weight is 140 g/mol. The molecule has 0 aliphatic carbocycles. The molecule has 0 saturated heterocycles. The van der Waals surface area contributed by atoms with Crippen LogP contribution in [0.3, 0.4) is 0 Å². The summed E-state index contributed by atoms with van der Waals surface area (Å²) in [5.41, 5.74) is 2.34. The van der Waals surface area contributed by atoms with Gasteiger partial charge in [-0.15, -0.1) is 6.58 Å². The largest absolute Gasteiger partial charge is 0.103 e. The van der Waals surface area contributed by atoms with Gasteiger partial charge in [-0.05, 0) is 6.42 Å². The van der Waals surface area contributed by atoms with Crippen molar-refractivity contribution < 1.29 is 0 Å². The minimum Gasteiger partial charge on any atom is -0.103 e. The van der Waals surface area contributed by atoms with E-state index in [2.05, 4.69) is 38.0 Å². The maximum atomic E-state index is 3.64. The van der Waals surface area contributed by atoms with Gasteiger partial charge in [0.1, 0.15) is 0 Å². The first-order valence-electron chi connectivity index (χ1n) is 3.35. The van der Waals surface area contributed by atoms with Crippen LogP contribution in [0.1, 0.15) is 6.42 Å². The Kier molecular flexibility index (Phi) is 3.55. The second-order valence-electron chi connectivity index (χ2n) is 3.29. The summed E-state index contributed by atoms with van der Waals surface area (Å²) in [6.07, 6.45) is 5.15. The van der Waals surface area contributed by atoms with E-state index in [0.29, 0.717) is 0 Å². The highest BCUT2D eigenvalue weighted by molar-refractivity contribution is 6.80. The van der Waals surface area contributed by atoms with E-state index in [9.17, 15) is 0 Å². The molecule has 0 aliphatic rings. The van der Waals surface area contributed by atoms with Crippen LogP contribution in [0.5, 0.6) is 0 Å². The molecule has 0 aliphatic heterocycles. The minimum atomic E-state index is -0.923. The van der Waals surface area contributed by atoms with Crippen molar-refractivity contribution in [3.8, 4) is 0 Å². The highest BCUT2D eigenvalue weighted by atomic mass is 28.3. The number of hydrogen-bond donors (Lipinski definition) is 0. The van der Waals surface area contributed by atoms with Gasteiger partial charge in [-0.3, -0.25) is 0 Å². The molecule has 0 heterocycles. The van der Waals surface area contributed by atoms with Crippen molar-refractivity contribution in [3.05, 3.63) is 24.4 Å². The smallest absolute Gasteiger partial charge is 0.0683 e. The summed E-state index contributed by atoms with van der Waals surface area (Å²) in [6.45, 7) is 10.6. The summed E-state index contributed by atoms with van der Waals surface area (Å²) in [7, 11) is -0.923. The van der Waals surface area contributed by atoms with Gasteiger partial charge in [0.05, 0.1) is 8.07 Å². The van der Waals surface area contributed by atoms with Gasteiger partial charge < -0.3 is 0 Å². The second-order valence-corrected chi connectivity index (χ2v) is 8.36. The van der Waals surface area contributed by atoms with E-state index in [1.807, 2.05) is 6.08 Å². The number of hydrogen-bond acceptors (Lipinski definition) is 0. The Labute approximate surface area is 59.3 Å². The van der Waals surface area contributed by atoms with Crippen molar-refractivity contribution in [1.29, 1.82) is 0 Å². The molecule has 0 N–H and O–H groups in total. The van der Waals surface area contributed by atoms with Crippen LogP contribution in [0.15, 0.2) is 24.4 Å². The lowest BCUT2D eigenvalue weighted by Gasteiger charge is -2.06. The molecule has 0 atom stereocenters. The maximum absolute atomic E-state index is 3.64. The van der Waals surface area contributed by atoms with Gasteiger partial charge in [-0.1, -0.05) is 37.5 Å². The van der Waals surface area contributed by atoms with Gasteiger partial charge in [0.25, 0.3) is 0 Å². The molecule has 0 bridgehead atoms. The Morgan fingerprint density at radius 3 is 2.22 bits per heavy atom. The molecule has 0 fully saturated rings. The van der Waals surface area contributed by atoms with Gasteiger partial charge in [0.15, 0.2) is 0 Å². The SMILES string of the molecule is C=CCC=C[Si](C)(C)C. The van der Waals surface area contributed by atoms with Crippen LogP contribution in [0.4, 0.5) is 0 Å². The molecule has 0 aromatic heterocycles. The number of rotatable bonds is 3. The lowest BCUT2D eigenvalue weighted by atomic mass is 10.4. The zero-order chi connectivity index (χ0) is 7.33. The third kappa shape index (κ3) is 7.70.